The molecule has 2 heteroatoms. The normalized spacial score (nSPS) is 11.3. The number of hydrogen-bond acceptors (Lipinski definition) is 2. The molecule has 0 fully saturated rings. The van der Waals surface area contributed by atoms with Crippen LogP contribution in [0.1, 0.15) is 0 Å². The zero-order valence-electron chi connectivity index (χ0n) is 29.6. The van der Waals surface area contributed by atoms with Crippen molar-refractivity contribution < 1.29 is 4.42 Å². The number of hydrogen-bond donors (Lipinski definition) is 0. The molecule has 10 rings (SSSR count). The molecule has 2 nitrogen and oxygen atoms in total. The predicted octanol–water partition coefficient (Wildman–Crippen LogP) is 14.9. The minimum atomic E-state index is 0.862. The van der Waals surface area contributed by atoms with E-state index in [4.69, 9.17) is 4.42 Å². The standard InChI is InChI=1S/C52H35NO/c1-4-10-36(11-5-1)39-20-25-46(26-21-39)53(48-29-31-50-49-30-24-44(38-14-8-3-9-15-38)34-51(49)54-52(50)35-48)47-27-22-40(23-28-47)43-19-17-41-16-18-42(32-45(41)33-43)37-12-6-2-7-13-37/h1-35H. The van der Waals surface area contributed by atoms with Gasteiger partial charge in [0.25, 0.3) is 0 Å². The first kappa shape index (κ1) is 31.6. The second kappa shape index (κ2) is 13.4. The third-order valence-electron chi connectivity index (χ3n) is 10.5. The van der Waals surface area contributed by atoms with Crippen LogP contribution < -0.4 is 4.90 Å². The molecule has 0 aliphatic carbocycles. The smallest absolute Gasteiger partial charge is 0.137 e. The molecule has 10 aromatic rings. The van der Waals surface area contributed by atoms with E-state index in [0.29, 0.717) is 0 Å². The number of furan rings is 1. The molecule has 0 aliphatic heterocycles. The summed E-state index contributed by atoms with van der Waals surface area (Å²) in [6.45, 7) is 0. The summed E-state index contributed by atoms with van der Waals surface area (Å²) in [6.07, 6.45) is 0. The van der Waals surface area contributed by atoms with Crippen LogP contribution in [0, 0.1) is 0 Å². The predicted molar refractivity (Wildman–Crippen MR) is 228 cm³/mol. The van der Waals surface area contributed by atoms with Gasteiger partial charge in [-0.1, -0.05) is 146 Å². The highest BCUT2D eigenvalue weighted by molar-refractivity contribution is 6.07. The number of nitrogens with zero attached hydrogens (tertiary/aromatic N) is 1. The molecule has 0 amide bonds. The molecule has 0 spiro atoms. The van der Waals surface area contributed by atoms with Crippen LogP contribution in [0.3, 0.4) is 0 Å². The van der Waals surface area contributed by atoms with E-state index < -0.39 is 0 Å². The van der Waals surface area contributed by atoms with Gasteiger partial charge in [0.1, 0.15) is 11.2 Å². The molecule has 0 saturated carbocycles. The Hall–Kier alpha value is -7.16. The van der Waals surface area contributed by atoms with Gasteiger partial charge in [-0.15, -0.1) is 0 Å². The first-order valence-electron chi connectivity index (χ1n) is 18.4. The Kier molecular flexibility index (Phi) is 7.85. The Bertz CT molecular complexity index is 2890. The molecule has 254 valence electrons. The Morgan fingerprint density at radius 1 is 0.259 bits per heavy atom. The number of benzene rings is 9. The van der Waals surface area contributed by atoms with Gasteiger partial charge in [0.05, 0.1) is 0 Å². The minimum absolute atomic E-state index is 0.862. The van der Waals surface area contributed by atoms with E-state index in [9.17, 15) is 0 Å². The summed E-state index contributed by atoms with van der Waals surface area (Å²) in [5.74, 6) is 0. The summed E-state index contributed by atoms with van der Waals surface area (Å²) in [4.78, 5) is 2.31. The van der Waals surface area contributed by atoms with E-state index in [0.717, 1.165) is 44.6 Å². The molecule has 54 heavy (non-hydrogen) atoms. The van der Waals surface area contributed by atoms with Gasteiger partial charge in [-0.25, -0.2) is 0 Å². The number of anilines is 3. The summed E-state index contributed by atoms with van der Waals surface area (Å²) in [5, 5.41) is 4.69. The lowest BCUT2D eigenvalue weighted by molar-refractivity contribution is 0.669. The SMILES string of the molecule is c1ccc(-c2ccc(N(c3ccc(-c4ccc5ccc(-c6ccccc6)cc5c4)cc3)c3ccc4c(c3)oc3cc(-c5ccccc5)ccc34)cc2)cc1. The Labute approximate surface area is 314 Å². The molecule has 0 unspecified atom stereocenters. The topological polar surface area (TPSA) is 16.4 Å². The van der Waals surface area contributed by atoms with Crippen LogP contribution in [-0.2, 0) is 0 Å². The van der Waals surface area contributed by atoms with Crippen LogP contribution in [0.15, 0.2) is 217 Å². The summed E-state index contributed by atoms with van der Waals surface area (Å²) in [7, 11) is 0. The van der Waals surface area contributed by atoms with Crippen molar-refractivity contribution in [3.63, 3.8) is 0 Å². The van der Waals surface area contributed by atoms with E-state index in [-0.39, 0.29) is 0 Å². The lowest BCUT2D eigenvalue weighted by atomic mass is 9.97. The second-order valence-corrected chi connectivity index (χ2v) is 13.8. The third kappa shape index (κ3) is 5.90. The average molecular weight is 690 g/mol. The van der Waals surface area contributed by atoms with Crippen LogP contribution >= 0.6 is 0 Å². The Balaban J connectivity index is 1.04. The fourth-order valence-electron chi connectivity index (χ4n) is 7.64. The van der Waals surface area contributed by atoms with Crippen LogP contribution in [0.2, 0.25) is 0 Å². The van der Waals surface area contributed by atoms with E-state index >= 15 is 0 Å². The molecule has 0 saturated heterocycles. The monoisotopic (exact) mass is 689 g/mol. The van der Waals surface area contributed by atoms with Gasteiger partial charge in [-0.05, 0) is 116 Å². The third-order valence-corrected chi connectivity index (χ3v) is 10.5. The fraction of sp³-hybridized carbons (Fsp3) is 0. The molecule has 0 aliphatic rings. The lowest BCUT2D eigenvalue weighted by Gasteiger charge is -2.26. The molecule has 0 bridgehead atoms. The largest absolute Gasteiger partial charge is 0.456 e. The van der Waals surface area contributed by atoms with E-state index in [1.165, 1.54) is 49.7 Å². The molecule has 0 atom stereocenters. The summed E-state index contributed by atoms with van der Waals surface area (Å²) < 4.78 is 6.58. The first-order chi connectivity index (χ1) is 26.7. The van der Waals surface area contributed by atoms with Gasteiger partial charge in [-0.3, -0.25) is 0 Å². The van der Waals surface area contributed by atoms with Gasteiger partial charge < -0.3 is 9.32 Å². The Morgan fingerprint density at radius 2 is 0.630 bits per heavy atom. The van der Waals surface area contributed by atoms with E-state index in [1.807, 2.05) is 6.07 Å². The van der Waals surface area contributed by atoms with Crippen molar-refractivity contribution >= 4 is 49.8 Å². The van der Waals surface area contributed by atoms with E-state index in [1.54, 1.807) is 0 Å². The van der Waals surface area contributed by atoms with Crippen molar-refractivity contribution in [1.29, 1.82) is 0 Å². The van der Waals surface area contributed by atoms with Gasteiger partial charge in [0.15, 0.2) is 0 Å². The summed E-state index contributed by atoms with van der Waals surface area (Å²) in [5.41, 5.74) is 14.4. The molecule has 0 radical (unpaired) electrons. The highest BCUT2D eigenvalue weighted by Gasteiger charge is 2.17. The quantitative estimate of drug-likeness (QED) is 0.166. The number of rotatable bonds is 7. The van der Waals surface area contributed by atoms with Crippen LogP contribution in [0.4, 0.5) is 17.1 Å². The molecule has 1 aromatic heterocycles. The maximum atomic E-state index is 6.58. The van der Waals surface area contributed by atoms with Crippen LogP contribution in [0.25, 0.3) is 77.2 Å². The van der Waals surface area contributed by atoms with Gasteiger partial charge in [0, 0.05) is 33.9 Å². The lowest BCUT2D eigenvalue weighted by Crippen LogP contribution is -2.09. The second-order valence-electron chi connectivity index (χ2n) is 13.8. The zero-order valence-corrected chi connectivity index (χ0v) is 29.6. The van der Waals surface area contributed by atoms with Crippen molar-refractivity contribution in [3.8, 4) is 44.5 Å². The molecule has 1 heterocycles. The van der Waals surface area contributed by atoms with Crippen molar-refractivity contribution in [2.24, 2.45) is 0 Å². The first-order valence-corrected chi connectivity index (χ1v) is 18.4. The van der Waals surface area contributed by atoms with Crippen molar-refractivity contribution in [2.45, 2.75) is 0 Å². The highest BCUT2D eigenvalue weighted by atomic mass is 16.3. The summed E-state index contributed by atoms with van der Waals surface area (Å²) in [6, 6.07) is 75.8. The van der Waals surface area contributed by atoms with E-state index in [2.05, 4.69) is 211 Å². The Morgan fingerprint density at radius 3 is 1.17 bits per heavy atom. The van der Waals surface area contributed by atoms with Crippen LogP contribution in [0.5, 0.6) is 0 Å². The van der Waals surface area contributed by atoms with Crippen molar-refractivity contribution in [1.82, 2.24) is 0 Å². The molecular formula is C52H35NO. The van der Waals surface area contributed by atoms with Crippen LogP contribution in [-0.4, -0.2) is 0 Å². The summed E-state index contributed by atoms with van der Waals surface area (Å²) >= 11 is 0. The van der Waals surface area contributed by atoms with Crippen molar-refractivity contribution in [2.75, 3.05) is 4.90 Å². The number of fused-ring (bicyclic) bond motifs is 4. The zero-order chi connectivity index (χ0) is 35.8. The average Bonchev–Trinajstić information content (AvgIpc) is 3.62. The molecule has 9 aromatic carbocycles. The maximum Gasteiger partial charge on any atom is 0.137 e. The maximum absolute atomic E-state index is 6.58. The van der Waals surface area contributed by atoms with Crippen molar-refractivity contribution in [3.05, 3.63) is 212 Å². The molecular weight excluding hydrogens is 655 g/mol. The molecule has 0 N–H and O–H groups in total. The van der Waals surface area contributed by atoms with Gasteiger partial charge in [-0.2, -0.15) is 0 Å². The minimum Gasteiger partial charge on any atom is -0.456 e. The highest BCUT2D eigenvalue weighted by Crippen LogP contribution is 2.40. The van der Waals surface area contributed by atoms with Gasteiger partial charge in [0.2, 0.25) is 0 Å². The van der Waals surface area contributed by atoms with Gasteiger partial charge >= 0.3 is 0 Å². The fourth-order valence-corrected chi connectivity index (χ4v) is 7.64.